The van der Waals surface area contributed by atoms with Gasteiger partial charge in [-0.25, -0.2) is 9.78 Å². The molecular weight excluding hydrogens is 370 g/mol. The Morgan fingerprint density at radius 3 is 2.96 bits per heavy atom. The summed E-state index contributed by atoms with van der Waals surface area (Å²) in [5.74, 6) is -0.138. The molecule has 1 aromatic carbocycles. The van der Waals surface area contributed by atoms with Crippen molar-refractivity contribution in [2.75, 3.05) is 31.6 Å². The first-order chi connectivity index (χ1) is 12.4. The molecule has 3 heterocycles. The van der Waals surface area contributed by atoms with Gasteiger partial charge in [0, 0.05) is 38.4 Å². The lowest BCUT2D eigenvalue weighted by molar-refractivity contribution is -0.286. The normalized spacial score (nSPS) is 21.7. The number of urea groups is 1. The van der Waals surface area contributed by atoms with Gasteiger partial charge in [0.15, 0.2) is 16.6 Å². The number of fused-ring (bicyclic) bond motifs is 2. The van der Waals surface area contributed by atoms with E-state index >= 15 is 0 Å². The average Bonchev–Trinajstić information content (AvgIpc) is 2.98. The van der Waals surface area contributed by atoms with Gasteiger partial charge in [0.25, 0.3) is 0 Å². The number of hydrogen-bond acceptors (Lipinski definition) is 7. The first-order valence-corrected chi connectivity index (χ1v) is 8.83. The van der Waals surface area contributed by atoms with E-state index in [1.807, 2.05) is 0 Å². The molecule has 3 N–H and O–H groups in total. The molecule has 1 fully saturated rings. The van der Waals surface area contributed by atoms with Gasteiger partial charge >= 0.3 is 12.3 Å². The van der Waals surface area contributed by atoms with Crippen LogP contribution in [0.5, 0.6) is 11.5 Å². The molecule has 0 radical (unpaired) electrons. The second kappa shape index (κ2) is 6.49. The lowest BCUT2D eigenvalue weighted by atomic mass is 10.3. The van der Waals surface area contributed by atoms with Crippen molar-refractivity contribution in [3.63, 3.8) is 0 Å². The molecule has 1 atom stereocenters. The lowest BCUT2D eigenvalue weighted by Gasteiger charge is -2.22. The molecule has 0 aliphatic carbocycles. The third kappa shape index (κ3) is 3.37. The van der Waals surface area contributed by atoms with E-state index in [1.165, 1.54) is 12.1 Å². The molecule has 8 nitrogen and oxygen atoms in total. The zero-order valence-electron chi connectivity index (χ0n) is 13.5. The molecule has 0 bridgehead atoms. The third-order valence-corrected chi connectivity index (χ3v) is 4.96. The van der Waals surface area contributed by atoms with Crippen molar-refractivity contribution >= 4 is 32.7 Å². The van der Waals surface area contributed by atoms with Gasteiger partial charge < -0.3 is 24.8 Å². The molecule has 0 spiro atoms. The number of alkyl halides is 2. The van der Waals surface area contributed by atoms with Crippen LogP contribution in [-0.2, 0) is 4.74 Å². The maximum Gasteiger partial charge on any atom is 0.586 e. The number of anilines is 1. The number of aromatic nitrogens is 1. The van der Waals surface area contributed by atoms with Crippen LogP contribution in [-0.4, -0.2) is 54.6 Å². The molecule has 4 rings (SSSR count). The van der Waals surface area contributed by atoms with Crippen LogP contribution in [0.4, 0.5) is 18.7 Å². The Labute approximate surface area is 150 Å². The van der Waals surface area contributed by atoms with Crippen molar-refractivity contribution in [1.82, 2.24) is 9.88 Å². The smallest absolute Gasteiger partial charge is 0.395 e. The topological polar surface area (TPSA) is 98.9 Å². The Balaban J connectivity index is 1.50. The van der Waals surface area contributed by atoms with Gasteiger partial charge in [-0.15, -0.1) is 8.78 Å². The van der Waals surface area contributed by atoms with Gasteiger partial charge in [-0.2, -0.15) is 0 Å². The summed E-state index contributed by atoms with van der Waals surface area (Å²) < 4.78 is 41.2. The molecule has 0 saturated carbocycles. The van der Waals surface area contributed by atoms with E-state index in [1.54, 1.807) is 4.90 Å². The predicted molar refractivity (Wildman–Crippen MR) is 89.8 cm³/mol. The van der Waals surface area contributed by atoms with Crippen LogP contribution < -0.4 is 20.5 Å². The van der Waals surface area contributed by atoms with Crippen molar-refractivity contribution in [3.05, 3.63) is 12.1 Å². The van der Waals surface area contributed by atoms with Crippen molar-refractivity contribution in [1.29, 1.82) is 0 Å². The monoisotopic (exact) mass is 386 g/mol. The average molecular weight is 386 g/mol. The number of hydrogen-bond donors (Lipinski definition) is 2. The first kappa shape index (κ1) is 17.2. The van der Waals surface area contributed by atoms with Crippen molar-refractivity contribution in [3.8, 4) is 11.5 Å². The Morgan fingerprint density at radius 1 is 1.42 bits per heavy atom. The number of benzene rings is 1. The highest BCUT2D eigenvalue weighted by Crippen LogP contribution is 2.44. The SMILES string of the molecule is NCC1CN(C(=O)Nc2nc3cc4c(cc3s2)OC(F)(F)O4)CCCO1. The Morgan fingerprint density at radius 2 is 2.19 bits per heavy atom. The van der Waals surface area contributed by atoms with E-state index in [9.17, 15) is 13.6 Å². The molecule has 140 valence electrons. The largest absolute Gasteiger partial charge is 0.586 e. The van der Waals surface area contributed by atoms with Gasteiger partial charge in [0.1, 0.15) is 0 Å². The van der Waals surface area contributed by atoms with Crippen LogP contribution >= 0.6 is 11.3 Å². The quantitative estimate of drug-likeness (QED) is 0.821. The molecule has 2 amide bonds. The number of nitrogens with one attached hydrogen (secondary N) is 1. The molecule has 2 aliphatic rings. The zero-order valence-corrected chi connectivity index (χ0v) is 14.4. The van der Waals surface area contributed by atoms with Gasteiger partial charge in [0.05, 0.1) is 16.3 Å². The third-order valence-electron chi connectivity index (χ3n) is 4.03. The standard InChI is InChI=1S/C15H16F2N4O4S/c16-15(17)24-10-4-9-12(5-11(10)25-15)26-13(19-9)20-14(22)21-2-1-3-23-8(6-18)7-21/h4-5,8H,1-3,6-7,18H2,(H,19,20,22). The number of ether oxygens (including phenoxy) is 3. The van der Waals surface area contributed by atoms with E-state index in [0.717, 1.165) is 17.8 Å². The number of nitrogens with zero attached hydrogens (tertiary/aromatic N) is 2. The minimum Gasteiger partial charge on any atom is -0.395 e. The van der Waals surface area contributed by atoms with E-state index in [-0.39, 0.29) is 23.6 Å². The number of nitrogens with two attached hydrogens (primary N) is 1. The van der Waals surface area contributed by atoms with Crippen molar-refractivity contribution in [2.24, 2.45) is 5.73 Å². The van der Waals surface area contributed by atoms with Gasteiger partial charge in [-0.3, -0.25) is 5.32 Å². The fourth-order valence-corrected chi connectivity index (χ4v) is 3.68. The van der Waals surface area contributed by atoms with Gasteiger partial charge in [-0.05, 0) is 6.42 Å². The molecule has 11 heteroatoms. The van der Waals surface area contributed by atoms with Crippen LogP contribution in [0, 0.1) is 0 Å². The van der Waals surface area contributed by atoms with E-state index in [4.69, 9.17) is 10.5 Å². The Hall–Kier alpha value is -2.24. The summed E-state index contributed by atoms with van der Waals surface area (Å²) in [4.78, 5) is 18.4. The molecule has 1 saturated heterocycles. The maximum absolute atomic E-state index is 13.1. The second-order valence-electron chi connectivity index (χ2n) is 5.91. The first-order valence-electron chi connectivity index (χ1n) is 8.01. The van der Waals surface area contributed by atoms with Crippen LogP contribution in [0.15, 0.2) is 12.1 Å². The molecule has 26 heavy (non-hydrogen) atoms. The molecular formula is C15H16F2N4O4S. The molecule has 1 unspecified atom stereocenters. The van der Waals surface area contributed by atoms with E-state index in [2.05, 4.69) is 19.8 Å². The summed E-state index contributed by atoms with van der Waals surface area (Å²) in [6.07, 6.45) is -3.14. The fourth-order valence-electron chi connectivity index (χ4n) is 2.82. The molecule has 2 aromatic rings. The van der Waals surface area contributed by atoms with Crippen LogP contribution in [0.25, 0.3) is 10.2 Å². The molecule has 1 aromatic heterocycles. The van der Waals surface area contributed by atoms with Crippen LogP contribution in [0.2, 0.25) is 0 Å². The number of amides is 2. The predicted octanol–water partition coefficient (Wildman–Crippen LogP) is 2.20. The number of rotatable bonds is 2. The van der Waals surface area contributed by atoms with Crippen LogP contribution in [0.1, 0.15) is 6.42 Å². The highest BCUT2D eigenvalue weighted by molar-refractivity contribution is 7.22. The van der Waals surface area contributed by atoms with Crippen molar-refractivity contribution in [2.45, 2.75) is 18.8 Å². The van der Waals surface area contributed by atoms with Crippen LogP contribution in [0.3, 0.4) is 0 Å². The van der Waals surface area contributed by atoms with E-state index in [0.29, 0.717) is 41.6 Å². The summed E-state index contributed by atoms with van der Waals surface area (Å²) in [5, 5.41) is 3.09. The minimum absolute atomic E-state index is 0.0560. The Kier molecular flexibility index (Phi) is 4.29. The summed E-state index contributed by atoms with van der Waals surface area (Å²) in [6, 6.07) is 2.48. The summed E-state index contributed by atoms with van der Waals surface area (Å²) in [6.45, 7) is 1.85. The number of carbonyl (C=O) groups is 1. The summed E-state index contributed by atoms with van der Waals surface area (Å²) in [7, 11) is 0. The minimum atomic E-state index is -3.67. The fraction of sp³-hybridized carbons (Fsp3) is 0.467. The number of halogens is 2. The van der Waals surface area contributed by atoms with Gasteiger partial charge in [0.2, 0.25) is 0 Å². The molecule has 2 aliphatic heterocycles. The number of thiazole rings is 1. The highest BCUT2D eigenvalue weighted by atomic mass is 32.1. The second-order valence-corrected chi connectivity index (χ2v) is 6.94. The lowest BCUT2D eigenvalue weighted by Crippen LogP contribution is -2.41. The zero-order chi connectivity index (χ0) is 18.3. The van der Waals surface area contributed by atoms with Gasteiger partial charge in [-0.1, -0.05) is 11.3 Å². The number of carbonyl (C=O) groups excluding carboxylic acids is 1. The summed E-state index contributed by atoms with van der Waals surface area (Å²) >= 11 is 1.16. The summed E-state index contributed by atoms with van der Waals surface area (Å²) in [5.41, 5.74) is 6.07. The maximum atomic E-state index is 13.1. The van der Waals surface area contributed by atoms with E-state index < -0.39 is 6.29 Å². The highest BCUT2D eigenvalue weighted by Gasteiger charge is 2.43. The van der Waals surface area contributed by atoms with Crippen molar-refractivity contribution < 1.29 is 27.8 Å². The Bertz CT molecular complexity index is 801.